The molecular formula is C24H28N4O3S2. The number of rotatable bonds is 8. The van der Waals surface area contributed by atoms with Gasteiger partial charge in [0.05, 0.1) is 25.3 Å². The summed E-state index contributed by atoms with van der Waals surface area (Å²) in [5, 5.41) is 1.74. The minimum Gasteiger partial charge on any atom is -0.469 e. The van der Waals surface area contributed by atoms with Crippen molar-refractivity contribution >= 4 is 51.0 Å². The maximum atomic E-state index is 12.8. The summed E-state index contributed by atoms with van der Waals surface area (Å²) in [6.07, 6.45) is 1.71. The molecule has 0 aliphatic carbocycles. The molecule has 0 bridgehead atoms. The van der Waals surface area contributed by atoms with Crippen LogP contribution < -0.4 is 4.90 Å². The molecule has 2 aromatic heterocycles. The predicted octanol–water partition coefficient (Wildman–Crippen LogP) is 3.80. The molecule has 1 aliphatic rings. The van der Waals surface area contributed by atoms with Crippen molar-refractivity contribution in [3.63, 3.8) is 0 Å². The van der Waals surface area contributed by atoms with Crippen LogP contribution in [0, 0.1) is 0 Å². The molecule has 1 aromatic carbocycles. The van der Waals surface area contributed by atoms with E-state index in [-0.39, 0.29) is 11.9 Å². The molecule has 33 heavy (non-hydrogen) atoms. The van der Waals surface area contributed by atoms with E-state index >= 15 is 0 Å². The second-order valence-corrected chi connectivity index (χ2v) is 10.00. The lowest BCUT2D eigenvalue weighted by molar-refractivity contribution is -0.140. The van der Waals surface area contributed by atoms with Crippen molar-refractivity contribution in [1.29, 1.82) is 0 Å². The summed E-state index contributed by atoms with van der Waals surface area (Å²) < 4.78 is 4.73. The van der Waals surface area contributed by atoms with E-state index in [1.807, 2.05) is 35.2 Å². The Balaban J connectivity index is 1.47. The van der Waals surface area contributed by atoms with E-state index < -0.39 is 0 Å². The Labute approximate surface area is 202 Å². The van der Waals surface area contributed by atoms with Gasteiger partial charge in [-0.2, -0.15) is 0 Å². The topological polar surface area (TPSA) is 75.6 Å². The van der Waals surface area contributed by atoms with E-state index in [9.17, 15) is 9.59 Å². The number of carbonyl (C=O) groups excluding carboxylic acids is 2. The Bertz CT molecular complexity index is 1110. The van der Waals surface area contributed by atoms with E-state index in [1.165, 1.54) is 23.7 Å². The molecule has 0 radical (unpaired) electrons. The Morgan fingerprint density at radius 1 is 1.12 bits per heavy atom. The van der Waals surface area contributed by atoms with Crippen molar-refractivity contribution in [2.75, 3.05) is 43.9 Å². The number of aryl methyl sites for hydroxylation is 1. The summed E-state index contributed by atoms with van der Waals surface area (Å²) in [7, 11) is 1.40. The predicted molar refractivity (Wildman–Crippen MR) is 133 cm³/mol. The third-order valence-electron chi connectivity index (χ3n) is 5.65. The summed E-state index contributed by atoms with van der Waals surface area (Å²) in [5.74, 6) is 1.43. The van der Waals surface area contributed by atoms with Crippen LogP contribution in [0.1, 0.15) is 23.8 Å². The molecule has 0 atom stereocenters. The fourth-order valence-electron chi connectivity index (χ4n) is 3.79. The van der Waals surface area contributed by atoms with Gasteiger partial charge >= 0.3 is 5.97 Å². The number of hydrogen-bond acceptors (Lipinski definition) is 8. The molecule has 3 heterocycles. The molecule has 1 fully saturated rings. The highest BCUT2D eigenvalue weighted by atomic mass is 32.2. The van der Waals surface area contributed by atoms with Gasteiger partial charge in [-0.1, -0.05) is 49.0 Å². The lowest BCUT2D eigenvalue weighted by Crippen LogP contribution is -2.49. The smallest absolute Gasteiger partial charge is 0.306 e. The molecule has 7 nitrogen and oxygen atoms in total. The third-order valence-corrected chi connectivity index (χ3v) is 7.67. The van der Waals surface area contributed by atoms with Crippen LogP contribution in [-0.2, 0) is 27.2 Å². The number of amides is 1. The number of ether oxygens (including phenoxy) is 1. The van der Waals surface area contributed by atoms with Gasteiger partial charge in [-0.15, -0.1) is 11.3 Å². The fraction of sp³-hybridized carbons (Fsp3) is 0.417. The normalized spacial score (nSPS) is 14.0. The van der Waals surface area contributed by atoms with Gasteiger partial charge < -0.3 is 14.5 Å². The number of aromatic nitrogens is 2. The number of esters is 1. The Kier molecular flexibility index (Phi) is 7.82. The van der Waals surface area contributed by atoms with Crippen molar-refractivity contribution < 1.29 is 14.3 Å². The number of methoxy groups -OCH3 is 1. The first-order valence-electron chi connectivity index (χ1n) is 11.1. The lowest BCUT2D eigenvalue weighted by atomic mass is 10.1. The zero-order valence-corrected chi connectivity index (χ0v) is 20.6. The Morgan fingerprint density at radius 2 is 1.88 bits per heavy atom. The van der Waals surface area contributed by atoms with Crippen LogP contribution >= 0.6 is 23.1 Å². The standard InChI is InChI=1S/C24H28N4O3S2/c1-3-18-16-19-22(25-24(26-23(19)33-18)32-14-9-21(30)31-2)28-12-10-27(11-13-28)20(29)15-17-7-5-4-6-8-17/h4-8,16H,3,9-15H2,1-2H3. The number of benzene rings is 1. The highest BCUT2D eigenvalue weighted by Crippen LogP contribution is 2.34. The van der Waals surface area contributed by atoms with Gasteiger partial charge in [-0.05, 0) is 18.1 Å². The van der Waals surface area contributed by atoms with Crippen LogP contribution in [0.3, 0.4) is 0 Å². The van der Waals surface area contributed by atoms with E-state index in [1.54, 1.807) is 11.3 Å². The average molecular weight is 485 g/mol. The number of hydrogen-bond donors (Lipinski definition) is 0. The Hall–Kier alpha value is -2.65. The molecule has 0 N–H and O–H groups in total. The van der Waals surface area contributed by atoms with Crippen LogP contribution in [0.25, 0.3) is 10.2 Å². The minimum absolute atomic E-state index is 0.163. The van der Waals surface area contributed by atoms with E-state index in [2.05, 4.69) is 17.9 Å². The van der Waals surface area contributed by atoms with Crippen LogP contribution in [-0.4, -0.2) is 65.8 Å². The number of piperazine rings is 1. The van der Waals surface area contributed by atoms with Crippen molar-refractivity contribution in [2.24, 2.45) is 0 Å². The number of thiophene rings is 1. The van der Waals surface area contributed by atoms with Gasteiger partial charge in [-0.25, -0.2) is 9.97 Å². The third kappa shape index (κ3) is 5.83. The van der Waals surface area contributed by atoms with Crippen molar-refractivity contribution in [3.05, 3.63) is 46.8 Å². The number of fused-ring (bicyclic) bond motifs is 1. The van der Waals surface area contributed by atoms with Gasteiger partial charge in [0, 0.05) is 36.8 Å². The molecule has 1 amide bonds. The lowest BCUT2D eigenvalue weighted by Gasteiger charge is -2.35. The minimum atomic E-state index is -0.232. The van der Waals surface area contributed by atoms with Gasteiger partial charge in [0.1, 0.15) is 10.6 Å². The fourth-order valence-corrected chi connectivity index (χ4v) is 5.57. The van der Waals surface area contributed by atoms with Crippen molar-refractivity contribution in [3.8, 4) is 0 Å². The summed E-state index contributed by atoms with van der Waals surface area (Å²) in [6.45, 7) is 4.95. The van der Waals surface area contributed by atoms with E-state index in [0.29, 0.717) is 36.8 Å². The Morgan fingerprint density at radius 3 is 2.58 bits per heavy atom. The molecule has 4 rings (SSSR count). The van der Waals surface area contributed by atoms with Crippen LogP contribution in [0.15, 0.2) is 41.6 Å². The van der Waals surface area contributed by atoms with E-state index in [4.69, 9.17) is 14.7 Å². The van der Waals surface area contributed by atoms with Gasteiger partial charge in [0.2, 0.25) is 5.91 Å². The summed E-state index contributed by atoms with van der Waals surface area (Å²) in [5.41, 5.74) is 1.04. The van der Waals surface area contributed by atoms with E-state index in [0.717, 1.165) is 41.1 Å². The van der Waals surface area contributed by atoms with Gasteiger partial charge in [-0.3, -0.25) is 9.59 Å². The first-order chi connectivity index (χ1) is 16.1. The monoisotopic (exact) mass is 484 g/mol. The van der Waals surface area contributed by atoms with Gasteiger partial charge in [0.25, 0.3) is 0 Å². The van der Waals surface area contributed by atoms with Crippen LogP contribution in [0.4, 0.5) is 5.82 Å². The zero-order chi connectivity index (χ0) is 23.2. The molecule has 3 aromatic rings. The van der Waals surface area contributed by atoms with Crippen LogP contribution in [0.2, 0.25) is 0 Å². The van der Waals surface area contributed by atoms with Gasteiger partial charge in [0.15, 0.2) is 5.16 Å². The molecule has 1 aliphatic heterocycles. The first-order valence-corrected chi connectivity index (χ1v) is 12.9. The molecule has 0 unspecified atom stereocenters. The molecule has 0 spiro atoms. The summed E-state index contributed by atoms with van der Waals surface area (Å²) >= 11 is 3.17. The highest BCUT2D eigenvalue weighted by molar-refractivity contribution is 7.99. The van der Waals surface area contributed by atoms with Crippen molar-refractivity contribution in [2.45, 2.75) is 31.3 Å². The number of nitrogens with zero attached hydrogens (tertiary/aromatic N) is 4. The molecular weight excluding hydrogens is 456 g/mol. The molecule has 0 saturated carbocycles. The number of carbonyl (C=O) groups is 2. The SMILES string of the molecule is CCc1cc2c(N3CCN(C(=O)Cc4ccccc4)CC3)nc(SCCC(=O)OC)nc2s1. The maximum absolute atomic E-state index is 12.8. The summed E-state index contributed by atoms with van der Waals surface area (Å²) in [6, 6.07) is 12.1. The first kappa shape index (κ1) is 23.5. The average Bonchev–Trinajstić information content (AvgIpc) is 3.27. The molecule has 9 heteroatoms. The second kappa shape index (κ2) is 11.0. The zero-order valence-electron chi connectivity index (χ0n) is 19.0. The van der Waals surface area contributed by atoms with Crippen LogP contribution in [0.5, 0.6) is 0 Å². The molecule has 1 saturated heterocycles. The highest BCUT2D eigenvalue weighted by Gasteiger charge is 2.24. The largest absolute Gasteiger partial charge is 0.469 e. The second-order valence-electron chi connectivity index (χ2n) is 7.82. The molecule has 174 valence electrons. The number of anilines is 1. The quantitative estimate of drug-likeness (QED) is 0.273. The summed E-state index contributed by atoms with van der Waals surface area (Å²) in [4.78, 5) is 40.3. The number of thioether (sulfide) groups is 1. The maximum Gasteiger partial charge on any atom is 0.306 e. The van der Waals surface area contributed by atoms with Crippen molar-refractivity contribution in [1.82, 2.24) is 14.9 Å².